The Hall–Kier alpha value is -3.90. The van der Waals surface area contributed by atoms with Crippen molar-refractivity contribution in [1.82, 2.24) is 29.8 Å². The second-order valence-corrected chi connectivity index (χ2v) is 8.81. The SMILES string of the molecule is Nc1ncc(-c2nc(N3CCOCC3)nc3c2CCN3c2ccc(C(=O)N3CCOCC3)nc2)cn1. The van der Waals surface area contributed by atoms with Crippen LogP contribution in [0.1, 0.15) is 16.1 Å². The highest BCUT2D eigenvalue weighted by molar-refractivity contribution is 5.92. The van der Waals surface area contributed by atoms with E-state index in [1.807, 2.05) is 6.07 Å². The Morgan fingerprint density at radius 1 is 0.861 bits per heavy atom. The number of fused-ring (bicyclic) bond motifs is 1. The fraction of sp³-hybridized carbons (Fsp3) is 0.417. The lowest BCUT2D eigenvalue weighted by Gasteiger charge is -2.28. The molecule has 1 amide bonds. The van der Waals surface area contributed by atoms with Crippen LogP contribution >= 0.6 is 0 Å². The summed E-state index contributed by atoms with van der Waals surface area (Å²) in [6.45, 7) is 5.70. The molecule has 0 bridgehead atoms. The maximum absolute atomic E-state index is 12.8. The summed E-state index contributed by atoms with van der Waals surface area (Å²) in [6.07, 6.45) is 5.90. The Balaban J connectivity index is 1.34. The summed E-state index contributed by atoms with van der Waals surface area (Å²) in [6, 6.07) is 3.71. The predicted octanol–water partition coefficient (Wildman–Crippen LogP) is 0.914. The number of ether oxygens (including phenoxy) is 2. The first kappa shape index (κ1) is 22.6. The van der Waals surface area contributed by atoms with Crippen molar-refractivity contribution in [1.29, 1.82) is 0 Å². The third kappa shape index (κ3) is 4.29. The minimum absolute atomic E-state index is 0.0748. The average Bonchev–Trinajstić information content (AvgIpc) is 3.38. The van der Waals surface area contributed by atoms with Crippen molar-refractivity contribution in [2.75, 3.05) is 74.7 Å². The third-order valence-electron chi connectivity index (χ3n) is 6.63. The smallest absolute Gasteiger partial charge is 0.272 e. The first-order chi connectivity index (χ1) is 17.7. The fourth-order valence-corrected chi connectivity index (χ4v) is 4.70. The fourth-order valence-electron chi connectivity index (χ4n) is 4.70. The molecule has 12 heteroatoms. The summed E-state index contributed by atoms with van der Waals surface area (Å²) in [4.78, 5) is 41.6. The summed E-state index contributed by atoms with van der Waals surface area (Å²) in [5.41, 5.74) is 9.64. The number of nitrogens with zero attached hydrogens (tertiary/aromatic N) is 8. The zero-order chi connectivity index (χ0) is 24.5. The van der Waals surface area contributed by atoms with E-state index in [0.29, 0.717) is 51.2 Å². The Labute approximate surface area is 208 Å². The van der Waals surface area contributed by atoms with Gasteiger partial charge >= 0.3 is 0 Å². The number of rotatable bonds is 4. The lowest BCUT2D eigenvalue weighted by atomic mass is 10.1. The highest BCUT2D eigenvalue weighted by Gasteiger charge is 2.30. The maximum Gasteiger partial charge on any atom is 0.272 e. The number of carbonyl (C=O) groups is 1. The van der Waals surface area contributed by atoms with Gasteiger partial charge in [0.25, 0.3) is 5.91 Å². The van der Waals surface area contributed by atoms with Gasteiger partial charge in [-0.05, 0) is 18.6 Å². The summed E-state index contributed by atoms with van der Waals surface area (Å²) in [7, 11) is 0. The minimum atomic E-state index is -0.0748. The number of morpholine rings is 2. The van der Waals surface area contributed by atoms with E-state index < -0.39 is 0 Å². The lowest BCUT2D eigenvalue weighted by Crippen LogP contribution is -2.41. The normalized spacial score (nSPS) is 17.8. The largest absolute Gasteiger partial charge is 0.378 e. The lowest BCUT2D eigenvalue weighted by molar-refractivity contribution is 0.0299. The standard InChI is InChI=1S/C24H27N9O3/c25-23-27-13-16(14-28-23)20-18-3-4-33(21(18)30-24(29-20)32-7-11-36-12-8-32)17-1-2-19(26-15-17)22(34)31-5-9-35-10-6-31/h1-2,13-15H,3-12H2,(H2,25,27,28). The molecular formula is C24H27N9O3. The molecule has 3 aromatic heterocycles. The number of hydrogen-bond acceptors (Lipinski definition) is 11. The second-order valence-electron chi connectivity index (χ2n) is 8.81. The van der Waals surface area contributed by atoms with Crippen LogP contribution in [-0.2, 0) is 15.9 Å². The van der Waals surface area contributed by atoms with Crippen LogP contribution in [0.25, 0.3) is 11.3 Å². The predicted molar refractivity (Wildman–Crippen MR) is 132 cm³/mol. The van der Waals surface area contributed by atoms with Gasteiger partial charge in [0, 0.05) is 56.2 Å². The van der Waals surface area contributed by atoms with Crippen LogP contribution in [0, 0.1) is 0 Å². The molecule has 36 heavy (non-hydrogen) atoms. The first-order valence-corrected chi connectivity index (χ1v) is 12.1. The number of carbonyl (C=O) groups excluding carboxylic acids is 1. The van der Waals surface area contributed by atoms with Gasteiger partial charge in [-0.2, -0.15) is 4.98 Å². The number of anilines is 4. The summed E-state index contributed by atoms with van der Waals surface area (Å²) in [5, 5.41) is 0. The number of nitrogens with two attached hydrogens (primary N) is 1. The molecule has 2 saturated heterocycles. The Morgan fingerprint density at radius 2 is 1.58 bits per heavy atom. The van der Waals surface area contributed by atoms with Gasteiger partial charge in [0.15, 0.2) is 0 Å². The maximum atomic E-state index is 12.8. The molecule has 0 atom stereocenters. The second kappa shape index (κ2) is 9.63. The van der Waals surface area contributed by atoms with E-state index in [4.69, 9.17) is 25.2 Å². The van der Waals surface area contributed by atoms with Crippen molar-refractivity contribution in [3.63, 3.8) is 0 Å². The molecule has 12 nitrogen and oxygen atoms in total. The number of nitrogen functional groups attached to an aromatic ring is 1. The zero-order valence-electron chi connectivity index (χ0n) is 19.8. The molecule has 6 heterocycles. The van der Waals surface area contributed by atoms with E-state index in [1.54, 1.807) is 29.6 Å². The monoisotopic (exact) mass is 489 g/mol. The van der Waals surface area contributed by atoms with Crippen LogP contribution < -0.4 is 15.5 Å². The van der Waals surface area contributed by atoms with Crippen molar-refractivity contribution in [2.24, 2.45) is 0 Å². The summed E-state index contributed by atoms with van der Waals surface area (Å²) in [5.74, 6) is 1.61. The van der Waals surface area contributed by atoms with Crippen LogP contribution in [0.5, 0.6) is 0 Å². The van der Waals surface area contributed by atoms with Crippen LogP contribution in [0.4, 0.5) is 23.4 Å². The summed E-state index contributed by atoms with van der Waals surface area (Å²) < 4.78 is 10.9. The van der Waals surface area contributed by atoms with Gasteiger partial charge < -0.3 is 29.9 Å². The molecule has 0 radical (unpaired) electrons. The highest BCUT2D eigenvalue weighted by atomic mass is 16.5. The van der Waals surface area contributed by atoms with Crippen molar-refractivity contribution in [3.05, 3.63) is 42.0 Å². The molecule has 0 saturated carbocycles. The molecule has 0 aliphatic carbocycles. The van der Waals surface area contributed by atoms with Crippen molar-refractivity contribution >= 4 is 29.3 Å². The number of amides is 1. The van der Waals surface area contributed by atoms with Gasteiger partial charge in [0.05, 0.1) is 44.0 Å². The number of pyridine rings is 1. The zero-order valence-corrected chi connectivity index (χ0v) is 19.8. The van der Waals surface area contributed by atoms with E-state index in [9.17, 15) is 4.79 Å². The molecule has 6 rings (SSSR count). The van der Waals surface area contributed by atoms with Crippen molar-refractivity contribution in [3.8, 4) is 11.3 Å². The molecule has 186 valence electrons. The van der Waals surface area contributed by atoms with Gasteiger partial charge in [0.2, 0.25) is 11.9 Å². The molecule has 3 aliphatic heterocycles. The van der Waals surface area contributed by atoms with E-state index in [0.717, 1.165) is 54.4 Å². The van der Waals surface area contributed by atoms with Gasteiger partial charge in [-0.15, -0.1) is 0 Å². The van der Waals surface area contributed by atoms with E-state index in [-0.39, 0.29) is 11.9 Å². The van der Waals surface area contributed by atoms with Gasteiger partial charge in [-0.3, -0.25) is 4.79 Å². The van der Waals surface area contributed by atoms with Crippen LogP contribution in [0.3, 0.4) is 0 Å². The molecule has 2 fully saturated rings. The van der Waals surface area contributed by atoms with Crippen molar-refractivity contribution < 1.29 is 14.3 Å². The Morgan fingerprint density at radius 3 is 2.28 bits per heavy atom. The minimum Gasteiger partial charge on any atom is -0.378 e. The van der Waals surface area contributed by atoms with Gasteiger partial charge in [-0.25, -0.2) is 19.9 Å². The van der Waals surface area contributed by atoms with Crippen LogP contribution in [-0.4, -0.2) is 94.9 Å². The molecule has 3 aliphatic rings. The topological polar surface area (TPSA) is 136 Å². The number of aromatic nitrogens is 5. The van der Waals surface area contributed by atoms with Crippen LogP contribution in [0.15, 0.2) is 30.7 Å². The molecule has 0 aromatic carbocycles. The number of hydrogen-bond donors (Lipinski definition) is 1. The quantitative estimate of drug-likeness (QED) is 0.560. The van der Waals surface area contributed by atoms with Crippen molar-refractivity contribution in [2.45, 2.75) is 6.42 Å². The molecule has 0 spiro atoms. The average molecular weight is 490 g/mol. The molecule has 2 N–H and O–H groups in total. The van der Waals surface area contributed by atoms with Gasteiger partial charge in [-0.1, -0.05) is 0 Å². The molecule has 3 aromatic rings. The molecule has 0 unspecified atom stereocenters. The third-order valence-corrected chi connectivity index (χ3v) is 6.63. The molecular weight excluding hydrogens is 462 g/mol. The van der Waals surface area contributed by atoms with E-state index >= 15 is 0 Å². The van der Waals surface area contributed by atoms with Crippen LogP contribution in [0.2, 0.25) is 0 Å². The Bertz CT molecular complexity index is 1240. The first-order valence-electron chi connectivity index (χ1n) is 12.1. The van der Waals surface area contributed by atoms with Gasteiger partial charge in [0.1, 0.15) is 11.5 Å². The highest BCUT2D eigenvalue weighted by Crippen LogP contribution is 2.39. The summed E-state index contributed by atoms with van der Waals surface area (Å²) >= 11 is 0. The van der Waals surface area contributed by atoms with E-state index in [1.165, 1.54) is 0 Å². The Kier molecular flexibility index (Phi) is 6.03. The van der Waals surface area contributed by atoms with E-state index in [2.05, 4.69) is 24.8 Å².